The van der Waals surface area contributed by atoms with Crippen molar-refractivity contribution >= 4 is 35.1 Å². The molecule has 2 aromatic carbocycles. The summed E-state index contributed by atoms with van der Waals surface area (Å²) in [5, 5.41) is 5.97. The molecule has 0 aliphatic carbocycles. The number of benzene rings is 2. The molecule has 1 fully saturated rings. The molecule has 6 nitrogen and oxygen atoms in total. The summed E-state index contributed by atoms with van der Waals surface area (Å²) in [4.78, 5) is 39.0. The summed E-state index contributed by atoms with van der Waals surface area (Å²) >= 11 is 6.08. The molecule has 7 heteroatoms. The number of urea groups is 1. The number of imide groups is 1. The second-order valence-electron chi connectivity index (χ2n) is 8.73. The zero-order valence-corrected chi connectivity index (χ0v) is 18.6. The first-order valence-electron chi connectivity index (χ1n) is 9.73. The average Bonchev–Trinajstić information content (AvgIpc) is 2.89. The van der Waals surface area contributed by atoms with Crippen molar-refractivity contribution in [3.63, 3.8) is 0 Å². The van der Waals surface area contributed by atoms with E-state index in [1.165, 1.54) is 0 Å². The summed E-state index contributed by atoms with van der Waals surface area (Å²) in [6.07, 6.45) is 0. The van der Waals surface area contributed by atoms with Gasteiger partial charge in [-0.2, -0.15) is 0 Å². The normalized spacial score (nSPS) is 19.1. The van der Waals surface area contributed by atoms with E-state index in [2.05, 4.69) is 31.4 Å². The standard InChI is InChI=1S/C23H26ClN3O3/c1-14-17(24)7-6-8-18(14)25-19(28)13-27-20(29)23(5,26-21(27)30)16-11-9-15(10-12-16)22(2,3)4/h6-12H,13H2,1-5H3,(H,25,28)(H,26,30). The number of carbonyl (C=O) groups is 3. The molecular weight excluding hydrogens is 402 g/mol. The lowest BCUT2D eigenvalue weighted by Gasteiger charge is -2.24. The van der Waals surface area contributed by atoms with Crippen LogP contribution in [-0.2, 0) is 20.5 Å². The lowest BCUT2D eigenvalue weighted by atomic mass is 9.84. The second-order valence-corrected chi connectivity index (χ2v) is 9.14. The largest absolute Gasteiger partial charge is 0.325 e. The Bertz CT molecular complexity index is 1010. The van der Waals surface area contributed by atoms with E-state index in [-0.39, 0.29) is 12.0 Å². The van der Waals surface area contributed by atoms with Crippen LogP contribution in [0, 0.1) is 6.92 Å². The first-order valence-corrected chi connectivity index (χ1v) is 10.1. The number of rotatable bonds is 4. The summed E-state index contributed by atoms with van der Waals surface area (Å²) in [5.74, 6) is -0.940. The molecule has 0 aromatic heterocycles. The summed E-state index contributed by atoms with van der Waals surface area (Å²) in [5.41, 5.74) is 1.81. The molecule has 1 unspecified atom stereocenters. The lowest BCUT2D eigenvalue weighted by Crippen LogP contribution is -2.42. The van der Waals surface area contributed by atoms with Crippen LogP contribution >= 0.6 is 11.6 Å². The Morgan fingerprint density at radius 2 is 1.77 bits per heavy atom. The van der Waals surface area contributed by atoms with Crippen molar-refractivity contribution in [1.82, 2.24) is 10.2 Å². The van der Waals surface area contributed by atoms with Crippen LogP contribution in [0.2, 0.25) is 5.02 Å². The van der Waals surface area contributed by atoms with E-state index in [1.54, 1.807) is 32.0 Å². The molecule has 0 spiro atoms. The van der Waals surface area contributed by atoms with Gasteiger partial charge in [0, 0.05) is 10.7 Å². The van der Waals surface area contributed by atoms with Crippen molar-refractivity contribution < 1.29 is 14.4 Å². The number of nitrogens with one attached hydrogen (secondary N) is 2. The molecule has 1 heterocycles. The third-order valence-corrected chi connectivity index (χ3v) is 5.86. The molecule has 0 bridgehead atoms. The fraction of sp³-hybridized carbons (Fsp3) is 0.348. The second kappa shape index (κ2) is 7.76. The Balaban J connectivity index is 1.77. The van der Waals surface area contributed by atoms with E-state index < -0.39 is 23.4 Å². The number of hydrogen-bond acceptors (Lipinski definition) is 3. The Labute approximate surface area is 181 Å². The van der Waals surface area contributed by atoms with Gasteiger partial charge in [-0.05, 0) is 48.1 Å². The van der Waals surface area contributed by atoms with E-state index in [1.807, 2.05) is 24.3 Å². The van der Waals surface area contributed by atoms with Gasteiger partial charge in [-0.15, -0.1) is 0 Å². The van der Waals surface area contributed by atoms with Crippen molar-refractivity contribution in [2.45, 2.75) is 45.6 Å². The zero-order chi connectivity index (χ0) is 22.3. The van der Waals surface area contributed by atoms with Gasteiger partial charge in [-0.3, -0.25) is 14.5 Å². The van der Waals surface area contributed by atoms with Gasteiger partial charge in [-0.25, -0.2) is 4.79 Å². The van der Waals surface area contributed by atoms with Crippen molar-refractivity contribution in [2.75, 3.05) is 11.9 Å². The number of hydrogen-bond donors (Lipinski definition) is 2. The number of amides is 4. The molecule has 2 aromatic rings. The molecule has 30 heavy (non-hydrogen) atoms. The summed E-state index contributed by atoms with van der Waals surface area (Å²) in [6, 6.07) is 12.2. The Kier molecular flexibility index (Phi) is 5.65. The van der Waals surface area contributed by atoms with Crippen molar-refractivity contribution in [1.29, 1.82) is 0 Å². The highest BCUT2D eigenvalue weighted by Crippen LogP contribution is 2.31. The fourth-order valence-corrected chi connectivity index (χ4v) is 3.59. The Hall–Kier alpha value is -2.86. The third kappa shape index (κ3) is 4.05. The van der Waals surface area contributed by atoms with Crippen LogP contribution in [0.3, 0.4) is 0 Å². The smallest absolute Gasteiger partial charge is 0.324 e. The SMILES string of the molecule is Cc1c(Cl)cccc1NC(=O)CN1C(=O)NC(C)(c2ccc(C(C)(C)C)cc2)C1=O. The van der Waals surface area contributed by atoms with Gasteiger partial charge in [0.1, 0.15) is 12.1 Å². The monoisotopic (exact) mass is 427 g/mol. The topological polar surface area (TPSA) is 78.5 Å². The summed E-state index contributed by atoms with van der Waals surface area (Å²) in [6.45, 7) is 9.37. The van der Waals surface area contributed by atoms with Crippen molar-refractivity contribution in [2.24, 2.45) is 0 Å². The van der Waals surface area contributed by atoms with E-state index in [4.69, 9.17) is 11.6 Å². The van der Waals surface area contributed by atoms with Gasteiger partial charge in [0.15, 0.2) is 0 Å². The van der Waals surface area contributed by atoms with Crippen LogP contribution in [0.1, 0.15) is 44.4 Å². The van der Waals surface area contributed by atoms with Crippen molar-refractivity contribution in [3.05, 3.63) is 64.2 Å². The van der Waals surface area contributed by atoms with Crippen molar-refractivity contribution in [3.8, 4) is 0 Å². The first kappa shape index (κ1) is 21.8. The minimum absolute atomic E-state index is 0.0229. The van der Waals surface area contributed by atoms with Crippen LogP contribution in [0.15, 0.2) is 42.5 Å². The fourth-order valence-electron chi connectivity index (χ4n) is 3.42. The van der Waals surface area contributed by atoms with Gasteiger partial charge in [0.05, 0.1) is 0 Å². The maximum atomic E-state index is 13.1. The average molecular weight is 428 g/mol. The van der Waals surface area contributed by atoms with Crippen LogP contribution in [0.5, 0.6) is 0 Å². The number of carbonyl (C=O) groups excluding carboxylic acids is 3. The quantitative estimate of drug-likeness (QED) is 0.712. The molecule has 1 atom stereocenters. The molecule has 1 aliphatic heterocycles. The van der Waals surface area contributed by atoms with Crippen LogP contribution in [0.25, 0.3) is 0 Å². The molecular formula is C23H26ClN3O3. The van der Waals surface area contributed by atoms with Crippen LogP contribution < -0.4 is 10.6 Å². The predicted octanol–water partition coefficient (Wildman–Crippen LogP) is 4.35. The molecule has 2 N–H and O–H groups in total. The van der Waals surface area contributed by atoms with E-state index in [0.717, 1.165) is 10.5 Å². The minimum atomic E-state index is -1.22. The molecule has 1 aliphatic rings. The Morgan fingerprint density at radius 1 is 1.13 bits per heavy atom. The molecule has 0 radical (unpaired) electrons. The van der Waals surface area contributed by atoms with E-state index in [9.17, 15) is 14.4 Å². The predicted molar refractivity (Wildman–Crippen MR) is 118 cm³/mol. The zero-order valence-electron chi connectivity index (χ0n) is 17.8. The number of nitrogens with zero attached hydrogens (tertiary/aromatic N) is 1. The van der Waals surface area contributed by atoms with Gasteiger partial charge < -0.3 is 10.6 Å². The highest BCUT2D eigenvalue weighted by Gasteiger charge is 2.49. The molecule has 1 saturated heterocycles. The van der Waals surface area contributed by atoms with Crippen LogP contribution in [0.4, 0.5) is 10.5 Å². The maximum absolute atomic E-state index is 13.1. The molecule has 4 amide bonds. The highest BCUT2D eigenvalue weighted by atomic mass is 35.5. The van der Waals surface area contributed by atoms with Crippen LogP contribution in [-0.4, -0.2) is 29.3 Å². The van der Waals surface area contributed by atoms with Gasteiger partial charge in [0.25, 0.3) is 5.91 Å². The number of anilines is 1. The molecule has 158 valence electrons. The minimum Gasteiger partial charge on any atom is -0.324 e. The van der Waals surface area contributed by atoms with Gasteiger partial charge in [0.2, 0.25) is 5.91 Å². The van der Waals surface area contributed by atoms with E-state index in [0.29, 0.717) is 21.8 Å². The molecule has 0 saturated carbocycles. The molecule has 3 rings (SSSR count). The van der Waals surface area contributed by atoms with E-state index >= 15 is 0 Å². The highest BCUT2D eigenvalue weighted by molar-refractivity contribution is 6.31. The maximum Gasteiger partial charge on any atom is 0.325 e. The summed E-state index contributed by atoms with van der Waals surface area (Å²) < 4.78 is 0. The number of halogens is 1. The first-order chi connectivity index (χ1) is 13.9. The Morgan fingerprint density at radius 3 is 2.37 bits per heavy atom. The van der Waals surface area contributed by atoms with Gasteiger partial charge >= 0.3 is 6.03 Å². The lowest BCUT2D eigenvalue weighted by molar-refractivity contribution is -0.133. The summed E-state index contributed by atoms with van der Waals surface area (Å²) in [7, 11) is 0. The third-order valence-electron chi connectivity index (χ3n) is 5.45. The van der Waals surface area contributed by atoms with Gasteiger partial charge in [-0.1, -0.05) is 62.7 Å².